The number of hydrogen-bond donors (Lipinski definition) is 2. The van der Waals surface area contributed by atoms with Gasteiger partial charge in [-0.1, -0.05) is 60.1 Å². The molecule has 4 aromatic carbocycles. The number of rotatable bonds is 3. The van der Waals surface area contributed by atoms with E-state index in [0.29, 0.717) is 10.6 Å². The van der Waals surface area contributed by atoms with E-state index in [1.807, 2.05) is 85.8 Å². The summed E-state index contributed by atoms with van der Waals surface area (Å²) in [6, 6.07) is 25.0. The SMILES string of the molecule is Cc1ccc(-c2nc3ccccc3[nH]2)cc1NC(=O)c1cccc2c(Cl)cccc12. The molecule has 0 aliphatic rings. The van der Waals surface area contributed by atoms with Crippen molar-refractivity contribution < 1.29 is 4.79 Å². The second-order valence-corrected chi connectivity index (χ2v) is 7.63. The van der Waals surface area contributed by atoms with Crippen LogP contribution in [0.3, 0.4) is 0 Å². The number of halogens is 1. The Morgan fingerprint density at radius 3 is 2.60 bits per heavy atom. The van der Waals surface area contributed by atoms with Gasteiger partial charge in [0.1, 0.15) is 5.82 Å². The standard InChI is InChI=1S/C25H18ClN3O/c1-15-12-13-16(24-27-21-10-2-3-11-22(21)28-24)14-23(15)29-25(30)19-8-4-7-18-17(19)6-5-9-20(18)26/h2-14H,1H3,(H,27,28)(H,29,30). The highest BCUT2D eigenvalue weighted by atomic mass is 35.5. The van der Waals surface area contributed by atoms with Crippen molar-refractivity contribution in [2.75, 3.05) is 5.32 Å². The molecule has 0 bridgehead atoms. The molecular weight excluding hydrogens is 394 g/mol. The lowest BCUT2D eigenvalue weighted by Crippen LogP contribution is -2.13. The second kappa shape index (κ2) is 7.32. The number of hydrogen-bond acceptors (Lipinski definition) is 2. The quantitative estimate of drug-likeness (QED) is 0.351. The predicted molar refractivity (Wildman–Crippen MR) is 123 cm³/mol. The minimum absolute atomic E-state index is 0.173. The summed E-state index contributed by atoms with van der Waals surface area (Å²) in [5.74, 6) is 0.594. The van der Waals surface area contributed by atoms with E-state index in [4.69, 9.17) is 11.6 Å². The normalized spacial score (nSPS) is 11.1. The van der Waals surface area contributed by atoms with E-state index in [0.717, 1.165) is 44.4 Å². The Morgan fingerprint density at radius 2 is 1.73 bits per heavy atom. The van der Waals surface area contributed by atoms with E-state index < -0.39 is 0 Å². The van der Waals surface area contributed by atoms with Crippen molar-refractivity contribution in [3.05, 3.63) is 95.0 Å². The van der Waals surface area contributed by atoms with Crippen molar-refractivity contribution in [1.82, 2.24) is 9.97 Å². The van der Waals surface area contributed by atoms with Crippen molar-refractivity contribution in [1.29, 1.82) is 0 Å². The summed E-state index contributed by atoms with van der Waals surface area (Å²) in [5, 5.41) is 5.38. The van der Waals surface area contributed by atoms with Crippen LogP contribution in [0.25, 0.3) is 33.2 Å². The number of benzene rings is 4. The lowest BCUT2D eigenvalue weighted by molar-refractivity contribution is 0.102. The zero-order chi connectivity index (χ0) is 20.7. The zero-order valence-corrected chi connectivity index (χ0v) is 17.0. The van der Waals surface area contributed by atoms with Crippen LogP contribution < -0.4 is 5.32 Å². The smallest absolute Gasteiger partial charge is 0.256 e. The molecule has 5 rings (SSSR count). The minimum atomic E-state index is -0.173. The van der Waals surface area contributed by atoms with Crippen LogP contribution in [0.15, 0.2) is 78.9 Å². The number of aromatic amines is 1. The molecule has 0 spiro atoms. The van der Waals surface area contributed by atoms with Crippen molar-refractivity contribution in [3.8, 4) is 11.4 Å². The highest BCUT2D eigenvalue weighted by molar-refractivity contribution is 6.36. The Balaban J connectivity index is 1.51. The molecule has 146 valence electrons. The molecule has 0 radical (unpaired) electrons. The number of carbonyl (C=O) groups excluding carboxylic acids is 1. The molecule has 5 aromatic rings. The van der Waals surface area contributed by atoms with Crippen LogP contribution >= 0.6 is 11.6 Å². The largest absolute Gasteiger partial charge is 0.338 e. The molecule has 30 heavy (non-hydrogen) atoms. The van der Waals surface area contributed by atoms with Gasteiger partial charge in [0.2, 0.25) is 0 Å². The third kappa shape index (κ3) is 3.21. The number of carbonyl (C=O) groups is 1. The van der Waals surface area contributed by atoms with E-state index in [9.17, 15) is 4.79 Å². The van der Waals surface area contributed by atoms with Gasteiger partial charge in [-0.3, -0.25) is 4.79 Å². The van der Waals surface area contributed by atoms with E-state index >= 15 is 0 Å². The highest BCUT2D eigenvalue weighted by Gasteiger charge is 2.14. The molecule has 5 heteroatoms. The number of para-hydroxylation sites is 2. The molecular formula is C25H18ClN3O. The fraction of sp³-hybridized carbons (Fsp3) is 0.0400. The van der Waals surface area contributed by atoms with E-state index in [1.54, 1.807) is 0 Å². The molecule has 1 aromatic heterocycles. The number of aryl methyl sites for hydroxylation is 1. The van der Waals surface area contributed by atoms with Gasteiger partial charge >= 0.3 is 0 Å². The number of fused-ring (bicyclic) bond motifs is 2. The molecule has 0 saturated carbocycles. The average Bonchev–Trinajstić information content (AvgIpc) is 3.19. The van der Waals surface area contributed by atoms with Crippen molar-refractivity contribution in [2.24, 2.45) is 0 Å². The lowest BCUT2D eigenvalue weighted by atomic mass is 10.0. The Hall–Kier alpha value is -3.63. The van der Waals surface area contributed by atoms with Gasteiger partial charge in [-0.2, -0.15) is 0 Å². The number of nitrogens with one attached hydrogen (secondary N) is 2. The van der Waals surface area contributed by atoms with Crippen molar-refractivity contribution in [2.45, 2.75) is 6.92 Å². The molecule has 0 aliphatic carbocycles. The Morgan fingerprint density at radius 1 is 0.933 bits per heavy atom. The van der Waals surface area contributed by atoms with Crippen LogP contribution in [-0.4, -0.2) is 15.9 Å². The van der Waals surface area contributed by atoms with Crippen LogP contribution in [0.1, 0.15) is 15.9 Å². The molecule has 0 saturated heterocycles. The van der Waals surface area contributed by atoms with Crippen LogP contribution in [0, 0.1) is 6.92 Å². The Kier molecular flexibility index (Phi) is 4.49. The molecule has 1 amide bonds. The monoisotopic (exact) mass is 411 g/mol. The van der Waals surface area contributed by atoms with Crippen LogP contribution in [0.2, 0.25) is 5.02 Å². The first-order valence-electron chi connectivity index (χ1n) is 9.64. The lowest BCUT2D eigenvalue weighted by Gasteiger charge is -2.12. The van der Waals surface area contributed by atoms with E-state index in [-0.39, 0.29) is 5.91 Å². The van der Waals surface area contributed by atoms with Gasteiger partial charge in [-0.05, 0) is 48.2 Å². The number of imidazole rings is 1. The number of amides is 1. The first-order chi connectivity index (χ1) is 14.6. The van der Waals surface area contributed by atoms with Crippen molar-refractivity contribution in [3.63, 3.8) is 0 Å². The highest BCUT2D eigenvalue weighted by Crippen LogP contribution is 2.29. The van der Waals surface area contributed by atoms with Gasteiger partial charge in [0.15, 0.2) is 0 Å². The summed E-state index contributed by atoms with van der Waals surface area (Å²) in [4.78, 5) is 21.1. The van der Waals surface area contributed by atoms with E-state index in [2.05, 4.69) is 15.3 Å². The van der Waals surface area contributed by atoms with Crippen molar-refractivity contribution >= 4 is 45.0 Å². The number of aromatic nitrogens is 2. The zero-order valence-electron chi connectivity index (χ0n) is 16.2. The van der Waals surface area contributed by atoms with Gasteiger partial charge in [-0.25, -0.2) is 4.98 Å². The summed E-state index contributed by atoms with van der Waals surface area (Å²) in [6.07, 6.45) is 0. The first-order valence-corrected chi connectivity index (χ1v) is 10.0. The van der Waals surface area contributed by atoms with Gasteiger partial charge in [0, 0.05) is 27.2 Å². The van der Waals surface area contributed by atoms with Gasteiger partial charge in [-0.15, -0.1) is 0 Å². The van der Waals surface area contributed by atoms with Crippen LogP contribution in [0.5, 0.6) is 0 Å². The summed E-state index contributed by atoms with van der Waals surface area (Å²) >= 11 is 6.30. The maximum Gasteiger partial charge on any atom is 0.256 e. The summed E-state index contributed by atoms with van der Waals surface area (Å²) < 4.78 is 0. The summed E-state index contributed by atoms with van der Waals surface area (Å²) in [5.41, 5.74) is 5.10. The molecule has 1 heterocycles. The Bertz CT molecular complexity index is 1390. The second-order valence-electron chi connectivity index (χ2n) is 7.23. The molecule has 0 unspecified atom stereocenters. The molecule has 0 aliphatic heterocycles. The fourth-order valence-corrected chi connectivity index (χ4v) is 3.89. The minimum Gasteiger partial charge on any atom is -0.338 e. The van der Waals surface area contributed by atoms with Gasteiger partial charge in [0.25, 0.3) is 5.91 Å². The third-order valence-corrected chi connectivity index (χ3v) is 5.59. The number of H-pyrrole nitrogens is 1. The average molecular weight is 412 g/mol. The topological polar surface area (TPSA) is 57.8 Å². The molecule has 0 fully saturated rings. The fourth-order valence-electron chi connectivity index (χ4n) is 3.65. The van der Waals surface area contributed by atoms with E-state index in [1.165, 1.54) is 0 Å². The van der Waals surface area contributed by atoms with Gasteiger partial charge < -0.3 is 10.3 Å². The molecule has 4 nitrogen and oxygen atoms in total. The third-order valence-electron chi connectivity index (χ3n) is 5.26. The van der Waals surface area contributed by atoms with Gasteiger partial charge in [0.05, 0.1) is 11.0 Å². The van der Waals surface area contributed by atoms with Crippen LogP contribution in [-0.2, 0) is 0 Å². The Labute approximate surface area is 178 Å². The summed E-state index contributed by atoms with van der Waals surface area (Å²) in [7, 11) is 0. The molecule has 0 atom stereocenters. The van der Waals surface area contributed by atoms with Crippen LogP contribution in [0.4, 0.5) is 5.69 Å². The maximum absolute atomic E-state index is 13.1. The molecule has 2 N–H and O–H groups in total. The maximum atomic E-state index is 13.1. The number of anilines is 1. The number of nitrogens with zero attached hydrogens (tertiary/aromatic N) is 1. The summed E-state index contributed by atoms with van der Waals surface area (Å²) in [6.45, 7) is 1.97. The first kappa shape index (κ1) is 18.4. The predicted octanol–water partition coefficient (Wildman–Crippen LogP) is 6.60.